The number of hydrogen-bond acceptors (Lipinski definition) is 5. The summed E-state index contributed by atoms with van der Waals surface area (Å²) >= 11 is 0. The van der Waals surface area contributed by atoms with Crippen LogP contribution in [0.3, 0.4) is 0 Å². The number of ether oxygens (including phenoxy) is 4. The average Bonchev–Trinajstić information content (AvgIpc) is 3.38. The molecule has 0 aromatic rings. The molecule has 0 amide bonds. The van der Waals surface area contributed by atoms with Crippen molar-refractivity contribution in [1.82, 2.24) is 0 Å². The van der Waals surface area contributed by atoms with Crippen molar-refractivity contribution in [3.05, 3.63) is 0 Å². The molecule has 4 fully saturated rings. The second kappa shape index (κ2) is 13.0. The topological polar surface area (TPSA) is 57.2 Å². The van der Waals surface area contributed by atoms with E-state index in [0.717, 1.165) is 39.3 Å². The highest BCUT2D eigenvalue weighted by Crippen LogP contribution is 2.35. The summed E-state index contributed by atoms with van der Waals surface area (Å²) in [6, 6.07) is 0. The average molecular weight is 359 g/mol. The third-order valence-electron chi connectivity index (χ3n) is 5.25. The van der Waals surface area contributed by atoms with Gasteiger partial charge in [-0.05, 0) is 38.5 Å². The first-order valence-electron chi connectivity index (χ1n) is 10.4. The lowest BCUT2D eigenvalue weighted by Gasteiger charge is -2.30. The summed E-state index contributed by atoms with van der Waals surface area (Å²) in [7, 11) is 0. The zero-order chi connectivity index (χ0) is 17.6. The highest BCUT2D eigenvalue weighted by molar-refractivity contribution is 4.77. The van der Waals surface area contributed by atoms with Crippen molar-refractivity contribution in [1.29, 1.82) is 0 Å². The lowest BCUT2D eigenvalue weighted by Crippen LogP contribution is -2.32. The molecule has 0 radical (unpaired) electrons. The van der Waals surface area contributed by atoms with Gasteiger partial charge in [0, 0.05) is 26.1 Å². The first-order chi connectivity index (χ1) is 12.3. The molecular formula is C20H38O5. The quantitative estimate of drug-likeness (QED) is 0.831. The molecule has 1 N–H and O–H groups in total. The number of rotatable bonds is 3. The van der Waals surface area contributed by atoms with Crippen LogP contribution in [0.2, 0.25) is 0 Å². The van der Waals surface area contributed by atoms with Gasteiger partial charge < -0.3 is 24.1 Å². The van der Waals surface area contributed by atoms with Gasteiger partial charge in [-0.1, -0.05) is 25.7 Å². The van der Waals surface area contributed by atoms with E-state index in [1.165, 1.54) is 64.2 Å². The summed E-state index contributed by atoms with van der Waals surface area (Å²) in [5.41, 5.74) is 0. The molecule has 2 saturated carbocycles. The van der Waals surface area contributed by atoms with Gasteiger partial charge in [-0.15, -0.1) is 0 Å². The molecule has 2 heterocycles. The van der Waals surface area contributed by atoms with Crippen LogP contribution in [0, 0.1) is 0 Å². The van der Waals surface area contributed by atoms with Crippen molar-refractivity contribution in [2.75, 3.05) is 39.6 Å². The Morgan fingerprint density at radius 2 is 1.36 bits per heavy atom. The van der Waals surface area contributed by atoms with E-state index < -0.39 is 0 Å². The Hall–Kier alpha value is -0.200. The lowest BCUT2D eigenvalue weighted by molar-refractivity contribution is -0.176. The van der Waals surface area contributed by atoms with Crippen LogP contribution in [0.1, 0.15) is 77.0 Å². The second-order valence-corrected chi connectivity index (χ2v) is 7.34. The largest absolute Gasteiger partial charge is 0.394 e. The predicted octanol–water partition coefficient (Wildman–Crippen LogP) is 3.82. The van der Waals surface area contributed by atoms with E-state index in [9.17, 15) is 0 Å². The molecule has 0 bridgehead atoms. The lowest BCUT2D eigenvalue weighted by atomic mass is 9.94. The molecule has 0 aromatic heterocycles. The maximum absolute atomic E-state index is 8.47. The molecule has 1 spiro atoms. The zero-order valence-corrected chi connectivity index (χ0v) is 15.9. The highest BCUT2D eigenvalue weighted by atomic mass is 16.7. The van der Waals surface area contributed by atoms with Crippen LogP contribution in [0.15, 0.2) is 0 Å². The first-order valence-corrected chi connectivity index (χ1v) is 10.4. The van der Waals surface area contributed by atoms with Gasteiger partial charge in [0.05, 0.1) is 32.5 Å². The van der Waals surface area contributed by atoms with Gasteiger partial charge in [-0.25, -0.2) is 0 Å². The van der Waals surface area contributed by atoms with E-state index >= 15 is 0 Å². The Morgan fingerprint density at radius 3 is 1.88 bits per heavy atom. The SMILES string of the molecule is C1CCC2(CC1)OCCO2.C1CCOC1.OCCOC1CCCCC1. The van der Waals surface area contributed by atoms with Crippen molar-refractivity contribution < 1.29 is 24.1 Å². The van der Waals surface area contributed by atoms with Gasteiger partial charge in [-0.3, -0.25) is 0 Å². The zero-order valence-electron chi connectivity index (χ0n) is 15.9. The van der Waals surface area contributed by atoms with Gasteiger partial charge >= 0.3 is 0 Å². The summed E-state index contributed by atoms with van der Waals surface area (Å²) in [5, 5.41) is 8.47. The fraction of sp³-hybridized carbons (Fsp3) is 1.00. The molecule has 5 nitrogen and oxygen atoms in total. The van der Waals surface area contributed by atoms with Crippen LogP contribution in [-0.2, 0) is 18.9 Å². The summed E-state index contributed by atoms with van der Waals surface area (Å²) < 4.78 is 21.4. The molecule has 5 heteroatoms. The minimum atomic E-state index is -0.127. The Morgan fingerprint density at radius 1 is 0.760 bits per heavy atom. The van der Waals surface area contributed by atoms with E-state index in [0.29, 0.717) is 12.7 Å². The third-order valence-corrected chi connectivity index (χ3v) is 5.25. The van der Waals surface area contributed by atoms with Crippen molar-refractivity contribution in [2.45, 2.75) is 88.9 Å². The van der Waals surface area contributed by atoms with Crippen LogP contribution >= 0.6 is 0 Å². The molecule has 2 aliphatic carbocycles. The van der Waals surface area contributed by atoms with Crippen LogP contribution in [0.25, 0.3) is 0 Å². The maximum Gasteiger partial charge on any atom is 0.168 e. The molecule has 148 valence electrons. The Labute approximate surface area is 153 Å². The Balaban J connectivity index is 0.000000143. The van der Waals surface area contributed by atoms with E-state index in [2.05, 4.69) is 0 Å². The second-order valence-electron chi connectivity index (χ2n) is 7.34. The molecule has 25 heavy (non-hydrogen) atoms. The van der Waals surface area contributed by atoms with E-state index in [-0.39, 0.29) is 12.4 Å². The van der Waals surface area contributed by atoms with E-state index in [1.54, 1.807) is 0 Å². The summed E-state index contributed by atoms with van der Waals surface area (Å²) in [4.78, 5) is 0. The normalized spacial score (nSPS) is 25.8. The third kappa shape index (κ3) is 8.83. The van der Waals surface area contributed by atoms with Crippen molar-refractivity contribution in [3.63, 3.8) is 0 Å². The molecule has 0 atom stereocenters. The van der Waals surface area contributed by atoms with Crippen molar-refractivity contribution >= 4 is 0 Å². The van der Waals surface area contributed by atoms with Gasteiger partial charge in [0.25, 0.3) is 0 Å². The minimum Gasteiger partial charge on any atom is -0.394 e. The first kappa shape index (κ1) is 21.1. The Kier molecular flexibility index (Phi) is 11.0. The number of aliphatic hydroxyl groups excluding tert-OH is 1. The molecule has 2 aliphatic heterocycles. The van der Waals surface area contributed by atoms with Crippen LogP contribution in [0.5, 0.6) is 0 Å². The highest BCUT2D eigenvalue weighted by Gasteiger charge is 2.37. The van der Waals surface area contributed by atoms with Crippen molar-refractivity contribution in [2.24, 2.45) is 0 Å². The van der Waals surface area contributed by atoms with Crippen LogP contribution in [0.4, 0.5) is 0 Å². The smallest absolute Gasteiger partial charge is 0.168 e. The maximum atomic E-state index is 8.47. The van der Waals surface area contributed by atoms with Gasteiger partial charge in [0.1, 0.15) is 0 Å². The standard InChI is InChI=1S/C8H14O2.C8H16O2.C4H8O/c1-2-4-8(5-3-1)9-6-7-10-8;9-6-7-10-8-4-2-1-3-5-8;1-2-4-5-3-1/h1-7H2;8-9H,1-7H2;1-4H2. The Bertz CT molecular complexity index is 292. The van der Waals surface area contributed by atoms with E-state index in [1.807, 2.05) is 0 Å². The summed E-state index contributed by atoms with van der Waals surface area (Å²) in [6.45, 7) is 4.29. The fourth-order valence-corrected chi connectivity index (χ4v) is 3.84. The molecule has 0 unspecified atom stereocenters. The molecule has 4 rings (SSSR count). The van der Waals surface area contributed by atoms with Gasteiger partial charge in [0.2, 0.25) is 0 Å². The minimum absolute atomic E-state index is 0.127. The van der Waals surface area contributed by atoms with Crippen LogP contribution in [-0.4, -0.2) is 56.6 Å². The molecule has 2 saturated heterocycles. The molecule has 0 aromatic carbocycles. The number of hydrogen-bond donors (Lipinski definition) is 1. The van der Waals surface area contributed by atoms with Crippen LogP contribution < -0.4 is 0 Å². The summed E-state index contributed by atoms with van der Waals surface area (Å²) in [5.74, 6) is -0.127. The summed E-state index contributed by atoms with van der Waals surface area (Å²) in [6.07, 6.45) is 15.5. The fourth-order valence-electron chi connectivity index (χ4n) is 3.84. The molecular weight excluding hydrogens is 320 g/mol. The molecule has 4 aliphatic rings. The van der Waals surface area contributed by atoms with Crippen molar-refractivity contribution in [3.8, 4) is 0 Å². The predicted molar refractivity (Wildman–Crippen MR) is 97.7 cm³/mol. The van der Waals surface area contributed by atoms with Gasteiger partial charge in [-0.2, -0.15) is 0 Å². The van der Waals surface area contributed by atoms with E-state index in [4.69, 9.17) is 24.1 Å². The monoisotopic (exact) mass is 358 g/mol. The number of aliphatic hydroxyl groups is 1. The van der Waals surface area contributed by atoms with Gasteiger partial charge in [0.15, 0.2) is 5.79 Å².